The van der Waals surface area contributed by atoms with Crippen LogP contribution in [-0.4, -0.2) is 47.9 Å². The highest BCUT2D eigenvalue weighted by molar-refractivity contribution is 5.90. The number of carbonyl (C=O) groups is 1. The molecule has 2 aliphatic rings. The molecule has 7 heteroatoms. The third-order valence-electron chi connectivity index (χ3n) is 2.99. The van der Waals surface area contributed by atoms with Gasteiger partial charge in [0.25, 0.3) is 11.7 Å². The molecule has 0 bridgehead atoms. The maximum absolute atomic E-state index is 11.7. The van der Waals surface area contributed by atoms with E-state index in [0.717, 1.165) is 25.9 Å². The molecule has 2 heterocycles. The normalized spacial score (nSPS) is 23.9. The van der Waals surface area contributed by atoms with E-state index in [4.69, 9.17) is 9.26 Å². The van der Waals surface area contributed by atoms with Gasteiger partial charge < -0.3 is 19.9 Å². The van der Waals surface area contributed by atoms with Gasteiger partial charge in [0.2, 0.25) is 5.89 Å². The van der Waals surface area contributed by atoms with Crippen LogP contribution in [0.15, 0.2) is 4.52 Å². The summed E-state index contributed by atoms with van der Waals surface area (Å²) in [5.74, 6) is 0.306. The highest BCUT2D eigenvalue weighted by Crippen LogP contribution is 2.19. The van der Waals surface area contributed by atoms with E-state index in [-0.39, 0.29) is 17.8 Å². The van der Waals surface area contributed by atoms with Gasteiger partial charge >= 0.3 is 0 Å². The van der Waals surface area contributed by atoms with Crippen LogP contribution in [0, 0.1) is 0 Å². The van der Waals surface area contributed by atoms with Crippen molar-refractivity contribution in [3.05, 3.63) is 11.7 Å². The standard InChI is InChI=1S/C11H16N4O3/c16-11(13-7-1-2-7)10-14-9(18-15-10)5-8-6-12-3-4-17-8/h7-8,12H,1-6H2,(H,13,16). The second-order valence-corrected chi connectivity index (χ2v) is 4.66. The minimum absolute atomic E-state index is 0.0403. The fraction of sp³-hybridized carbons (Fsp3) is 0.727. The summed E-state index contributed by atoms with van der Waals surface area (Å²) in [5.41, 5.74) is 0. The molecule has 1 atom stereocenters. The molecule has 1 aromatic rings. The minimum Gasteiger partial charge on any atom is -0.375 e. The molecule has 98 valence electrons. The van der Waals surface area contributed by atoms with E-state index in [0.29, 0.717) is 25.0 Å². The topological polar surface area (TPSA) is 89.3 Å². The molecular formula is C11H16N4O3. The first-order valence-electron chi connectivity index (χ1n) is 6.27. The van der Waals surface area contributed by atoms with E-state index in [2.05, 4.69) is 20.8 Å². The molecule has 1 amide bonds. The number of rotatable bonds is 4. The monoisotopic (exact) mass is 252 g/mol. The number of ether oxygens (including phenoxy) is 1. The van der Waals surface area contributed by atoms with Gasteiger partial charge in [0.15, 0.2) is 0 Å². The quantitative estimate of drug-likeness (QED) is 0.750. The molecule has 0 aromatic carbocycles. The molecule has 2 fully saturated rings. The zero-order valence-electron chi connectivity index (χ0n) is 10.0. The Morgan fingerprint density at radius 3 is 3.11 bits per heavy atom. The summed E-state index contributed by atoms with van der Waals surface area (Å²) in [6, 6.07) is 0.297. The second-order valence-electron chi connectivity index (χ2n) is 4.66. The van der Waals surface area contributed by atoms with Crippen molar-refractivity contribution in [2.75, 3.05) is 19.7 Å². The first-order valence-corrected chi connectivity index (χ1v) is 6.27. The van der Waals surface area contributed by atoms with Gasteiger partial charge in [-0.25, -0.2) is 0 Å². The van der Waals surface area contributed by atoms with Crippen LogP contribution < -0.4 is 10.6 Å². The van der Waals surface area contributed by atoms with Crippen LogP contribution in [0.5, 0.6) is 0 Å². The van der Waals surface area contributed by atoms with Gasteiger partial charge in [0.1, 0.15) is 0 Å². The molecule has 3 rings (SSSR count). The lowest BCUT2D eigenvalue weighted by Gasteiger charge is -2.21. The van der Waals surface area contributed by atoms with Crippen molar-refractivity contribution in [3.8, 4) is 0 Å². The van der Waals surface area contributed by atoms with Gasteiger partial charge in [-0.2, -0.15) is 4.98 Å². The van der Waals surface area contributed by atoms with E-state index in [1.165, 1.54) is 0 Å². The molecule has 0 spiro atoms. The molecule has 2 N–H and O–H groups in total. The lowest BCUT2D eigenvalue weighted by molar-refractivity contribution is 0.0246. The van der Waals surface area contributed by atoms with E-state index >= 15 is 0 Å². The first-order chi connectivity index (χ1) is 8.81. The van der Waals surface area contributed by atoms with E-state index in [1.807, 2.05) is 0 Å². The molecule has 1 unspecified atom stereocenters. The maximum Gasteiger partial charge on any atom is 0.292 e. The molecule has 0 radical (unpaired) electrons. The fourth-order valence-corrected chi connectivity index (χ4v) is 1.85. The predicted octanol–water partition coefficient (Wildman–Crippen LogP) is -0.507. The Morgan fingerprint density at radius 1 is 1.50 bits per heavy atom. The second kappa shape index (κ2) is 5.03. The number of aromatic nitrogens is 2. The summed E-state index contributed by atoms with van der Waals surface area (Å²) < 4.78 is 10.6. The Bertz CT molecular complexity index is 424. The number of hydrogen-bond acceptors (Lipinski definition) is 6. The first kappa shape index (κ1) is 11.6. The molecule has 1 saturated carbocycles. The van der Waals surface area contributed by atoms with E-state index in [1.54, 1.807) is 0 Å². The number of morpholine rings is 1. The van der Waals surface area contributed by atoms with Crippen LogP contribution in [0.25, 0.3) is 0 Å². The van der Waals surface area contributed by atoms with Crippen LogP contribution >= 0.6 is 0 Å². The van der Waals surface area contributed by atoms with Crippen molar-refractivity contribution in [1.82, 2.24) is 20.8 Å². The smallest absolute Gasteiger partial charge is 0.292 e. The third-order valence-corrected chi connectivity index (χ3v) is 2.99. The average molecular weight is 252 g/mol. The predicted molar refractivity (Wildman–Crippen MR) is 61.1 cm³/mol. The van der Waals surface area contributed by atoms with Gasteiger partial charge in [-0.15, -0.1) is 0 Å². The third kappa shape index (κ3) is 2.85. The fourth-order valence-electron chi connectivity index (χ4n) is 1.85. The highest BCUT2D eigenvalue weighted by atomic mass is 16.5. The number of carbonyl (C=O) groups excluding carboxylic acids is 1. The maximum atomic E-state index is 11.7. The van der Waals surface area contributed by atoms with Crippen molar-refractivity contribution >= 4 is 5.91 Å². The lowest BCUT2D eigenvalue weighted by atomic mass is 10.2. The number of nitrogens with zero attached hydrogens (tertiary/aromatic N) is 2. The molecule has 1 aliphatic heterocycles. The zero-order chi connectivity index (χ0) is 12.4. The van der Waals surface area contributed by atoms with Crippen molar-refractivity contribution in [3.63, 3.8) is 0 Å². The van der Waals surface area contributed by atoms with Crippen molar-refractivity contribution < 1.29 is 14.1 Å². The van der Waals surface area contributed by atoms with Crippen LogP contribution in [0.3, 0.4) is 0 Å². The Labute approximate surface area is 104 Å². The highest BCUT2D eigenvalue weighted by Gasteiger charge is 2.26. The van der Waals surface area contributed by atoms with E-state index < -0.39 is 0 Å². The molecular weight excluding hydrogens is 236 g/mol. The minimum atomic E-state index is -0.254. The van der Waals surface area contributed by atoms with Crippen LogP contribution in [-0.2, 0) is 11.2 Å². The largest absolute Gasteiger partial charge is 0.375 e. The average Bonchev–Trinajstić information content (AvgIpc) is 3.07. The van der Waals surface area contributed by atoms with Gasteiger partial charge in [-0.1, -0.05) is 5.16 Å². The Balaban J connectivity index is 1.56. The lowest BCUT2D eigenvalue weighted by Crippen LogP contribution is -2.39. The summed E-state index contributed by atoms with van der Waals surface area (Å²) in [6.45, 7) is 2.33. The summed E-state index contributed by atoms with van der Waals surface area (Å²) in [6.07, 6.45) is 2.66. The summed E-state index contributed by atoms with van der Waals surface area (Å²) in [7, 11) is 0. The molecule has 7 nitrogen and oxygen atoms in total. The van der Waals surface area contributed by atoms with E-state index in [9.17, 15) is 4.79 Å². The summed E-state index contributed by atoms with van der Waals surface area (Å²) >= 11 is 0. The van der Waals surface area contributed by atoms with Crippen molar-refractivity contribution in [2.24, 2.45) is 0 Å². The summed E-state index contributed by atoms with van der Waals surface area (Å²) in [4.78, 5) is 15.7. The zero-order valence-corrected chi connectivity index (χ0v) is 10.0. The number of nitrogens with one attached hydrogen (secondary N) is 2. The Hall–Kier alpha value is -1.47. The Morgan fingerprint density at radius 2 is 2.39 bits per heavy atom. The summed E-state index contributed by atoms with van der Waals surface area (Å²) in [5, 5.41) is 9.73. The van der Waals surface area contributed by atoms with Gasteiger partial charge in [-0.3, -0.25) is 4.79 Å². The van der Waals surface area contributed by atoms with Crippen LogP contribution in [0.4, 0.5) is 0 Å². The number of hydrogen-bond donors (Lipinski definition) is 2. The van der Waals surface area contributed by atoms with Crippen LogP contribution in [0.1, 0.15) is 29.4 Å². The molecule has 1 saturated heterocycles. The van der Waals surface area contributed by atoms with Gasteiger partial charge in [0, 0.05) is 19.1 Å². The van der Waals surface area contributed by atoms with Gasteiger partial charge in [0.05, 0.1) is 19.1 Å². The SMILES string of the molecule is O=C(NC1CC1)c1noc(CC2CNCCO2)n1. The van der Waals surface area contributed by atoms with Gasteiger partial charge in [-0.05, 0) is 12.8 Å². The molecule has 18 heavy (non-hydrogen) atoms. The Kier molecular flexibility index (Phi) is 3.24. The molecule has 1 aliphatic carbocycles. The molecule has 1 aromatic heterocycles. The van der Waals surface area contributed by atoms with Crippen LogP contribution in [0.2, 0.25) is 0 Å². The number of amides is 1. The van der Waals surface area contributed by atoms with Crippen molar-refractivity contribution in [2.45, 2.75) is 31.4 Å². The van der Waals surface area contributed by atoms with Crippen molar-refractivity contribution in [1.29, 1.82) is 0 Å².